The van der Waals surface area contributed by atoms with Gasteiger partial charge in [-0.1, -0.05) is 0 Å². The molecule has 0 radical (unpaired) electrons. The van der Waals surface area contributed by atoms with Gasteiger partial charge in [0.25, 0.3) is 0 Å². The van der Waals surface area contributed by atoms with E-state index in [0.717, 1.165) is 19.3 Å². The third-order valence-electron chi connectivity index (χ3n) is 3.30. The summed E-state index contributed by atoms with van der Waals surface area (Å²) in [7, 11) is 0. The Morgan fingerprint density at radius 2 is 2.44 bits per heavy atom. The maximum atomic E-state index is 11.6. The van der Waals surface area contributed by atoms with Crippen LogP contribution in [0.4, 0.5) is 0 Å². The summed E-state index contributed by atoms with van der Waals surface area (Å²) >= 11 is 0. The first kappa shape index (κ1) is 10.9. The SMILES string of the molecule is CC(=O)NC(C#N)CC1CC2(CC2)NC1=O. The van der Waals surface area contributed by atoms with Gasteiger partial charge in [-0.2, -0.15) is 5.26 Å². The molecule has 1 aliphatic heterocycles. The Morgan fingerprint density at radius 1 is 1.75 bits per heavy atom. The second-order valence-corrected chi connectivity index (χ2v) is 4.79. The zero-order valence-corrected chi connectivity index (χ0v) is 9.25. The van der Waals surface area contributed by atoms with E-state index in [1.165, 1.54) is 6.92 Å². The van der Waals surface area contributed by atoms with E-state index in [4.69, 9.17) is 5.26 Å². The van der Waals surface area contributed by atoms with Gasteiger partial charge in [0, 0.05) is 18.4 Å². The summed E-state index contributed by atoms with van der Waals surface area (Å²) in [6.07, 6.45) is 3.33. The van der Waals surface area contributed by atoms with E-state index in [1.807, 2.05) is 6.07 Å². The molecule has 2 unspecified atom stereocenters. The van der Waals surface area contributed by atoms with Gasteiger partial charge < -0.3 is 10.6 Å². The molecule has 0 bridgehead atoms. The van der Waals surface area contributed by atoms with Crippen LogP contribution in [0.1, 0.15) is 32.6 Å². The van der Waals surface area contributed by atoms with Crippen LogP contribution in [0.5, 0.6) is 0 Å². The number of rotatable bonds is 3. The van der Waals surface area contributed by atoms with Gasteiger partial charge >= 0.3 is 0 Å². The number of hydrogen-bond acceptors (Lipinski definition) is 3. The van der Waals surface area contributed by atoms with Crippen molar-refractivity contribution in [3.8, 4) is 6.07 Å². The Morgan fingerprint density at radius 3 is 2.88 bits per heavy atom. The van der Waals surface area contributed by atoms with Crippen LogP contribution in [0.15, 0.2) is 0 Å². The van der Waals surface area contributed by atoms with E-state index in [0.29, 0.717) is 6.42 Å². The molecule has 0 aromatic rings. The normalized spacial score (nSPS) is 27.0. The molecule has 0 aromatic carbocycles. The smallest absolute Gasteiger partial charge is 0.223 e. The average molecular weight is 221 g/mol. The summed E-state index contributed by atoms with van der Waals surface area (Å²) < 4.78 is 0. The summed E-state index contributed by atoms with van der Waals surface area (Å²) in [6.45, 7) is 1.38. The van der Waals surface area contributed by atoms with E-state index in [2.05, 4.69) is 10.6 Å². The molecule has 5 heteroatoms. The minimum atomic E-state index is -0.554. The van der Waals surface area contributed by atoms with Crippen LogP contribution in [0, 0.1) is 17.2 Å². The first-order valence-electron chi connectivity index (χ1n) is 5.53. The minimum Gasteiger partial charge on any atom is -0.350 e. The first-order valence-corrected chi connectivity index (χ1v) is 5.53. The summed E-state index contributed by atoms with van der Waals surface area (Å²) in [4.78, 5) is 22.5. The van der Waals surface area contributed by atoms with E-state index in [9.17, 15) is 9.59 Å². The van der Waals surface area contributed by atoms with Crippen molar-refractivity contribution in [1.82, 2.24) is 10.6 Å². The lowest BCUT2D eigenvalue weighted by Crippen LogP contribution is -2.35. The molecule has 1 aliphatic carbocycles. The van der Waals surface area contributed by atoms with Crippen LogP contribution in [-0.2, 0) is 9.59 Å². The molecule has 1 spiro atoms. The van der Waals surface area contributed by atoms with Gasteiger partial charge in [-0.05, 0) is 25.7 Å². The van der Waals surface area contributed by atoms with E-state index in [1.54, 1.807) is 0 Å². The molecule has 1 saturated heterocycles. The lowest BCUT2D eigenvalue weighted by Gasteiger charge is -2.13. The Kier molecular flexibility index (Phi) is 2.58. The molecule has 1 saturated carbocycles. The number of carbonyl (C=O) groups is 2. The Labute approximate surface area is 94.2 Å². The van der Waals surface area contributed by atoms with Crippen molar-refractivity contribution in [2.75, 3.05) is 0 Å². The number of carbonyl (C=O) groups excluding carboxylic acids is 2. The van der Waals surface area contributed by atoms with Crippen LogP contribution in [0.25, 0.3) is 0 Å². The third-order valence-corrected chi connectivity index (χ3v) is 3.30. The third kappa shape index (κ3) is 2.16. The van der Waals surface area contributed by atoms with Gasteiger partial charge in [0.05, 0.1) is 6.07 Å². The summed E-state index contributed by atoms with van der Waals surface area (Å²) in [5.41, 5.74) is 0.0397. The highest BCUT2D eigenvalue weighted by atomic mass is 16.2. The van der Waals surface area contributed by atoms with Gasteiger partial charge in [0.2, 0.25) is 11.8 Å². The highest BCUT2D eigenvalue weighted by Gasteiger charge is 2.52. The molecule has 16 heavy (non-hydrogen) atoms. The summed E-state index contributed by atoms with van der Waals surface area (Å²) in [6, 6.07) is 1.46. The van der Waals surface area contributed by atoms with E-state index in [-0.39, 0.29) is 23.3 Å². The molecular formula is C11H15N3O2. The molecule has 86 valence electrons. The number of nitrogens with zero attached hydrogens (tertiary/aromatic N) is 1. The average Bonchev–Trinajstić information content (AvgIpc) is 2.87. The molecule has 2 fully saturated rings. The van der Waals surface area contributed by atoms with Crippen molar-refractivity contribution < 1.29 is 9.59 Å². The molecule has 2 amide bonds. The van der Waals surface area contributed by atoms with Crippen LogP contribution in [0.3, 0.4) is 0 Å². The molecule has 0 aromatic heterocycles. The Hall–Kier alpha value is -1.57. The fourth-order valence-corrected chi connectivity index (χ4v) is 2.32. The molecule has 2 rings (SSSR count). The Bertz CT molecular complexity index is 368. The maximum Gasteiger partial charge on any atom is 0.223 e. The van der Waals surface area contributed by atoms with Crippen molar-refractivity contribution in [3.63, 3.8) is 0 Å². The number of nitrogens with one attached hydrogen (secondary N) is 2. The molecule has 5 nitrogen and oxygen atoms in total. The van der Waals surface area contributed by atoms with Crippen molar-refractivity contribution in [3.05, 3.63) is 0 Å². The lowest BCUT2D eigenvalue weighted by molar-refractivity contribution is -0.124. The fourth-order valence-electron chi connectivity index (χ4n) is 2.32. The van der Waals surface area contributed by atoms with Crippen molar-refractivity contribution >= 4 is 11.8 Å². The van der Waals surface area contributed by atoms with Crippen molar-refractivity contribution in [2.24, 2.45) is 5.92 Å². The number of amides is 2. The van der Waals surface area contributed by atoms with Crippen molar-refractivity contribution in [1.29, 1.82) is 5.26 Å². The van der Waals surface area contributed by atoms with Gasteiger partial charge in [0.1, 0.15) is 6.04 Å². The predicted molar refractivity (Wildman–Crippen MR) is 56.0 cm³/mol. The Balaban J connectivity index is 1.91. The van der Waals surface area contributed by atoms with Crippen LogP contribution in [0.2, 0.25) is 0 Å². The zero-order valence-electron chi connectivity index (χ0n) is 9.25. The second-order valence-electron chi connectivity index (χ2n) is 4.79. The van der Waals surface area contributed by atoms with Gasteiger partial charge in [0.15, 0.2) is 0 Å². The second kappa shape index (κ2) is 3.78. The molecule has 1 heterocycles. The summed E-state index contributed by atoms with van der Waals surface area (Å²) in [5.74, 6) is -0.326. The molecule has 2 N–H and O–H groups in total. The molecule has 2 atom stereocenters. The van der Waals surface area contributed by atoms with E-state index < -0.39 is 6.04 Å². The summed E-state index contributed by atoms with van der Waals surface area (Å²) in [5, 5.41) is 14.4. The van der Waals surface area contributed by atoms with E-state index >= 15 is 0 Å². The topological polar surface area (TPSA) is 82.0 Å². The zero-order chi connectivity index (χ0) is 11.8. The molecular weight excluding hydrogens is 206 g/mol. The van der Waals surface area contributed by atoms with Crippen LogP contribution in [-0.4, -0.2) is 23.4 Å². The van der Waals surface area contributed by atoms with Gasteiger partial charge in [-0.15, -0.1) is 0 Å². The quantitative estimate of drug-likeness (QED) is 0.707. The molecule has 2 aliphatic rings. The van der Waals surface area contributed by atoms with Crippen molar-refractivity contribution in [2.45, 2.75) is 44.2 Å². The predicted octanol–water partition coefficient (Wildman–Crippen LogP) is 0.0735. The van der Waals surface area contributed by atoms with Gasteiger partial charge in [-0.3, -0.25) is 9.59 Å². The monoisotopic (exact) mass is 221 g/mol. The van der Waals surface area contributed by atoms with Gasteiger partial charge in [-0.25, -0.2) is 0 Å². The van der Waals surface area contributed by atoms with Crippen LogP contribution < -0.4 is 10.6 Å². The first-order chi connectivity index (χ1) is 7.54. The lowest BCUT2D eigenvalue weighted by atomic mass is 9.96. The van der Waals surface area contributed by atoms with Crippen LogP contribution >= 0.6 is 0 Å². The highest BCUT2D eigenvalue weighted by molar-refractivity contribution is 5.83. The maximum absolute atomic E-state index is 11.6. The number of hydrogen-bond donors (Lipinski definition) is 2. The standard InChI is InChI=1S/C11H15N3O2/c1-7(15)13-9(6-12)4-8-5-11(2-3-11)14-10(8)16/h8-9H,2-5H2,1H3,(H,13,15)(H,14,16). The number of nitriles is 1. The minimum absolute atomic E-state index is 0.0307. The fraction of sp³-hybridized carbons (Fsp3) is 0.727. The largest absolute Gasteiger partial charge is 0.350 e. The highest BCUT2D eigenvalue weighted by Crippen LogP contribution is 2.46.